The minimum atomic E-state index is -0.347. The van der Waals surface area contributed by atoms with Crippen LogP contribution in [0.5, 0.6) is 5.75 Å². The minimum Gasteiger partial charge on any atom is -0.497 e. The van der Waals surface area contributed by atoms with Gasteiger partial charge in [0, 0.05) is 38.1 Å². The van der Waals surface area contributed by atoms with Crippen LogP contribution in [-0.2, 0) is 0 Å². The standard InChI is InChI=1S/C18H24N2O4/c1-12(21)11-19-6-8-20(9-7-19)18(22)17-13(2)24-16-5-4-14(23-3)10-15(16)17/h4-5,10,12,21H,6-9,11H2,1-3H3/t12-/m1/s1. The van der Waals surface area contributed by atoms with Gasteiger partial charge in [-0.15, -0.1) is 0 Å². The van der Waals surface area contributed by atoms with Gasteiger partial charge in [-0.1, -0.05) is 0 Å². The predicted octanol–water partition coefficient (Wildman–Crippen LogP) is 1.89. The molecule has 0 radical (unpaired) electrons. The quantitative estimate of drug-likeness (QED) is 0.926. The number of hydrogen-bond acceptors (Lipinski definition) is 5. The van der Waals surface area contributed by atoms with Crippen LogP contribution >= 0.6 is 0 Å². The van der Waals surface area contributed by atoms with Gasteiger partial charge >= 0.3 is 0 Å². The molecule has 1 fully saturated rings. The molecule has 0 saturated carbocycles. The van der Waals surface area contributed by atoms with E-state index in [0.717, 1.165) is 18.5 Å². The zero-order chi connectivity index (χ0) is 17.3. The first kappa shape index (κ1) is 16.8. The average molecular weight is 332 g/mol. The van der Waals surface area contributed by atoms with Crippen LogP contribution in [-0.4, -0.2) is 66.8 Å². The number of piperazine rings is 1. The first-order valence-electron chi connectivity index (χ1n) is 8.26. The molecule has 24 heavy (non-hydrogen) atoms. The summed E-state index contributed by atoms with van der Waals surface area (Å²) in [5, 5.41) is 10.3. The van der Waals surface area contributed by atoms with E-state index in [9.17, 15) is 9.90 Å². The van der Waals surface area contributed by atoms with Gasteiger partial charge in [-0.3, -0.25) is 9.69 Å². The summed E-state index contributed by atoms with van der Waals surface area (Å²) in [7, 11) is 1.61. The number of ether oxygens (including phenoxy) is 1. The van der Waals surface area contributed by atoms with Crippen molar-refractivity contribution < 1.29 is 19.1 Å². The van der Waals surface area contributed by atoms with E-state index in [2.05, 4.69) is 4.90 Å². The van der Waals surface area contributed by atoms with E-state index >= 15 is 0 Å². The number of benzene rings is 1. The highest BCUT2D eigenvalue weighted by Gasteiger charge is 2.27. The SMILES string of the molecule is COc1ccc2oc(C)c(C(=O)N3CCN(C[C@@H](C)O)CC3)c2c1. The van der Waals surface area contributed by atoms with E-state index < -0.39 is 0 Å². The van der Waals surface area contributed by atoms with Crippen LogP contribution in [0.2, 0.25) is 0 Å². The minimum absolute atomic E-state index is 0.00352. The molecule has 0 unspecified atom stereocenters. The van der Waals surface area contributed by atoms with Gasteiger partial charge in [-0.25, -0.2) is 0 Å². The summed E-state index contributed by atoms with van der Waals surface area (Å²) in [6.07, 6.45) is -0.347. The number of furan rings is 1. The second kappa shape index (κ2) is 6.83. The number of fused-ring (bicyclic) bond motifs is 1. The lowest BCUT2D eigenvalue weighted by atomic mass is 10.1. The molecule has 1 aromatic carbocycles. The maximum absolute atomic E-state index is 13.0. The fraction of sp³-hybridized carbons (Fsp3) is 0.500. The van der Waals surface area contributed by atoms with Gasteiger partial charge in [0.25, 0.3) is 5.91 Å². The molecule has 1 N–H and O–H groups in total. The molecule has 0 aliphatic carbocycles. The van der Waals surface area contributed by atoms with Gasteiger partial charge in [-0.2, -0.15) is 0 Å². The van der Waals surface area contributed by atoms with Gasteiger partial charge < -0.3 is 19.2 Å². The number of aliphatic hydroxyl groups excluding tert-OH is 1. The Bertz CT molecular complexity index is 730. The van der Waals surface area contributed by atoms with Crippen molar-refractivity contribution in [2.75, 3.05) is 39.8 Å². The number of methoxy groups -OCH3 is 1. The largest absolute Gasteiger partial charge is 0.497 e. The van der Waals surface area contributed by atoms with Gasteiger partial charge in [0.2, 0.25) is 0 Å². The van der Waals surface area contributed by atoms with Crippen molar-refractivity contribution in [3.63, 3.8) is 0 Å². The Kier molecular flexibility index (Phi) is 4.78. The second-order valence-corrected chi connectivity index (χ2v) is 6.34. The molecule has 6 nitrogen and oxygen atoms in total. The number of nitrogens with zero attached hydrogens (tertiary/aromatic N) is 2. The van der Waals surface area contributed by atoms with Crippen LogP contribution in [0.15, 0.2) is 22.6 Å². The molecule has 1 aromatic heterocycles. The molecular formula is C18H24N2O4. The van der Waals surface area contributed by atoms with Crippen LogP contribution < -0.4 is 4.74 Å². The van der Waals surface area contributed by atoms with E-state index in [4.69, 9.17) is 9.15 Å². The van der Waals surface area contributed by atoms with E-state index in [1.54, 1.807) is 14.0 Å². The summed E-state index contributed by atoms with van der Waals surface area (Å²) in [4.78, 5) is 17.0. The van der Waals surface area contributed by atoms with Crippen molar-refractivity contribution in [2.45, 2.75) is 20.0 Å². The molecule has 2 heterocycles. The van der Waals surface area contributed by atoms with Crippen LogP contribution in [0.1, 0.15) is 23.0 Å². The fourth-order valence-corrected chi connectivity index (χ4v) is 3.26. The number of amides is 1. The van der Waals surface area contributed by atoms with E-state index in [-0.39, 0.29) is 12.0 Å². The van der Waals surface area contributed by atoms with Crippen molar-refractivity contribution in [3.8, 4) is 5.75 Å². The Morgan fingerprint density at radius 2 is 2.04 bits per heavy atom. The van der Waals surface area contributed by atoms with Gasteiger partial charge in [0.15, 0.2) is 0 Å². The second-order valence-electron chi connectivity index (χ2n) is 6.34. The third-order valence-corrected chi connectivity index (χ3v) is 4.47. The van der Waals surface area contributed by atoms with Crippen molar-refractivity contribution in [3.05, 3.63) is 29.5 Å². The lowest BCUT2D eigenvalue weighted by Gasteiger charge is -2.35. The molecule has 130 valence electrons. The third-order valence-electron chi connectivity index (χ3n) is 4.47. The molecule has 0 bridgehead atoms. The molecule has 0 spiro atoms. The van der Waals surface area contributed by atoms with Gasteiger partial charge in [0.1, 0.15) is 17.1 Å². The third kappa shape index (κ3) is 3.25. The monoisotopic (exact) mass is 332 g/mol. The van der Waals surface area contributed by atoms with E-state index in [1.807, 2.05) is 30.0 Å². The number of carbonyl (C=O) groups excluding carboxylic acids is 1. The molecule has 1 aliphatic heterocycles. The Morgan fingerprint density at radius 1 is 1.33 bits per heavy atom. The molecular weight excluding hydrogens is 308 g/mol. The lowest BCUT2D eigenvalue weighted by molar-refractivity contribution is 0.0554. The van der Waals surface area contributed by atoms with Crippen molar-refractivity contribution in [1.29, 1.82) is 0 Å². The number of rotatable bonds is 4. The molecule has 2 aromatic rings. The summed E-state index contributed by atoms with van der Waals surface area (Å²) in [6.45, 7) is 7.11. The van der Waals surface area contributed by atoms with Crippen molar-refractivity contribution in [1.82, 2.24) is 9.80 Å². The predicted molar refractivity (Wildman–Crippen MR) is 91.5 cm³/mol. The molecule has 1 aliphatic rings. The van der Waals surface area contributed by atoms with E-state index in [0.29, 0.717) is 42.3 Å². The van der Waals surface area contributed by atoms with Crippen molar-refractivity contribution in [2.24, 2.45) is 0 Å². The summed E-state index contributed by atoms with van der Waals surface area (Å²) in [5.41, 5.74) is 1.32. The number of carbonyl (C=O) groups is 1. The van der Waals surface area contributed by atoms with E-state index in [1.165, 1.54) is 0 Å². The highest BCUT2D eigenvalue weighted by atomic mass is 16.5. The number of hydrogen-bond donors (Lipinski definition) is 1. The molecule has 1 atom stereocenters. The Hall–Kier alpha value is -2.05. The first-order chi connectivity index (χ1) is 11.5. The smallest absolute Gasteiger partial charge is 0.258 e. The molecule has 1 saturated heterocycles. The summed E-state index contributed by atoms with van der Waals surface area (Å²) >= 11 is 0. The van der Waals surface area contributed by atoms with Crippen LogP contribution in [0.25, 0.3) is 11.0 Å². The Balaban J connectivity index is 1.80. The van der Waals surface area contributed by atoms with Crippen LogP contribution in [0.4, 0.5) is 0 Å². The Labute approximate surface area is 141 Å². The zero-order valence-electron chi connectivity index (χ0n) is 14.4. The summed E-state index contributed by atoms with van der Waals surface area (Å²) in [5.74, 6) is 1.34. The lowest BCUT2D eigenvalue weighted by Crippen LogP contribution is -2.50. The number of aryl methyl sites for hydroxylation is 1. The van der Waals surface area contributed by atoms with Crippen LogP contribution in [0, 0.1) is 6.92 Å². The summed E-state index contributed by atoms with van der Waals surface area (Å²) < 4.78 is 11.0. The maximum Gasteiger partial charge on any atom is 0.258 e. The topological polar surface area (TPSA) is 66.2 Å². The highest BCUT2D eigenvalue weighted by molar-refractivity contribution is 6.07. The number of aliphatic hydroxyl groups is 1. The first-order valence-corrected chi connectivity index (χ1v) is 8.26. The summed E-state index contributed by atoms with van der Waals surface area (Å²) in [6, 6.07) is 5.51. The highest BCUT2D eigenvalue weighted by Crippen LogP contribution is 2.30. The molecule has 3 rings (SSSR count). The molecule has 6 heteroatoms. The van der Waals surface area contributed by atoms with Crippen molar-refractivity contribution >= 4 is 16.9 Å². The normalized spacial score (nSPS) is 17.2. The maximum atomic E-state index is 13.0. The van der Waals surface area contributed by atoms with Crippen LogP contribution in [0.3, 0.4) is 0 Å². The molecule has 1 amide bonds. The number of β-amino-alcohol motifs (C(OH)–C–C–N with tert-alkyl or cyclic N) is 1. The van der Waals surface area contributed by atoms with Gasteiger partial charge in [-0.05, 0) is 32.0 Å². The fourth-order valence-electron chi connectivity index (χ4n) is 3.26. The van der Waals surface area contributed by atoms with Gasteiger partial charge in [0.05, 0.1) is 18.8 Å². The zero-order valence-corrected chi connectivity index (χ0v) is 14.4. The Morgan fingerprint density at radius 3 is 2.67 bits per heavy atom. The average Bonchev–Trinajstić information content (AvgIpc) is 2.89.